The van der Waals surface area contributed by atoms with Crippen molar-refractivity contribution in [2.24, 2.45) is 5.73 Å². The Kier molecular flexibility index (Phi) is 6.22. The lowest BCUT2D eigenvalue weighted by atomic mass is 9.67. The van der Waals surface area contributed by atoms with Crippen LogP contribution in [0.25, 0.3) is 0 Å². The Hall–Kier alpha value is -3.59. The smallest absolute Gasteiger partial charge is 0.339 e. The highest BCUT2D eigenvalue weighted by Gasteiger charge is 2.63. The number of esters is 3. The predicted molar refractivity (Wildman–Crippen MR) is 127 cm³/mol. The molecule has 0 fully saturated rings. The molecule has 0 aliphatic carbocycles. The van der Waals surface area contributed by atoms with Crippen molar-refractivity contribution < 1.29 is 28.6 Å². The molecule has 1 atom stereocenters. The fourth-order valence-electron chi connectivity index (χ4n) is 4.21. The topological polar surface area (TPSA) is 117 Å². The van der Waals surface area contributed by atoms with E-state index in [4.69, 9.17) is 19.9 Å². The van der Waals surface area contributed by atoms with E-state index in [1.54, 1.807) is 44.2 Å². The second-order valence-electron chi connectivity index (χ2n) is 8.19. The average Bonchev–Trinajstić information content (AvgIpc) is 3.03. The van der Waals surface area contributed by atoms with Crippen LogP contribution in [0, 0.1) is 0 Å². The summed E-state index contributed by atoms with van der Waals surface area (Å²) < 4.78 is 17.1. The molecule has 2 aromatic carbocycles. The van der Waals surface area contributed by atoms with Gasteiger partial charge in [0, 0.05) is 15.7 Å². The summed E-state index contributed by atoms with van der Waals surface area (Å²) in [5.41, 5.74) is 5.50. The zero-order chi connectivity index (χ0) is 24.6. The van der Waals surface area contributed by atoms with Gasteiger partial charge in [-0.1, -0.05) is 46.3 Å². The normalized spacial score (nSPS) is 19.1. The molecule has 9 heteroatoms. The number of cyclic esters (lactones) is 1. The number of halogens is 1. The van der Waals surface area contributed by atoms with Crippen molar-refractivity contribution in [1.29, 1.82) is 0 Å². The van der Waals surface area contributed by atoms with Crippen molar-refractivity contribution >= 4 is 39.5 Å². The SMILES string of the molecule is CC1=C(C(=O)OCc2ccccc2)[C@]2(C(=O)O1)C(C(=O)OC(C)C)=C(N)Nc1ccc(Br)cc12. The Morgan fingerprint density at radius 3 is 2.50 bits per heavy atom. The van der Waals surface area contributed by atoms with E-state index in [9.17, 15) is 14.4 Å². The molecule has 2 aliphatic heterocycles. The third kappa shape index (κ3) is 3.86. The number of carbonyl (C=O) groups excluding carboxylic acids is 3. The Balaban J connectivity index is 1.89. The van der Waals surface area contributed by atoms with Crippen LogP contribution in [0.15, 0.2) is 75.7 Å². The number of rotatable bonds is 5. The number of anilines is 1. The van der Waals surface area contributed by atoms with Gasteiger partial charge in [-0.05, 0) is 44.5 Å². The maximum Gasteiger partial charge on any atom is 0.339 e. The lowest BCUT2D eigenvalue weighted by molar-refractivity contribution is -0.149. The molecule has 4 rings (SSSR count). The maximum atomic E-state index is 13.6. The van der Waals surface area contributed by atoms with E-state index in [0.717, 1.165) is 5.56 Å². The second-order valence-corrected chi connectivity index (χ2v) is 9.11. The second kappa shape index (κ2) is 8.98. The Morgan fingerprint density at radius 2 is 1.82 bits per heavy atom. The predicted octanol–water partition coefficient (Wildman–Crippen LogP) is 3.81. The highest BCUT2D eigenvalue weighted by molar-refractivity contribution is 9.10. The molecule has 0 bridgehead atoms. The van der Waals surface area contributed by atoms with Gasteiger partial charge in [-0.3, -0.25) is 0 Å². The van der Waals surface area contributed by atoms with Crippen LogP contribution in [0.4, 0.5) is 5.69 Å². The van der Waals surface area contributed by atoms with E-state index >= 15 is 0 Å². The van der Waals surface area contributed by atoms with Gasteiger partial charge in [0.25, 0.3) is 0 Å². The number of nitrogens with one attached hydrogen (secondary N) is 1. The third-order valence-electron chi connectivity index (χ3n) is 5.54. The van der Waals surface area contributed by atoms with E-state index < -0.39 is 29.4 Å². The van der Waals surface area contributed by atoms with Crippen molar-refractivity contribution in [1.82, 2.24) is 0 Å². The Bertz CT molecular complexity index is 1250. The number of hydrogen-bond acceptors (Lipinski definition) is 8. The van der Waals surface area contributed by atoms with Gasteiger partial charge in [-0.2, -0.15) is 0 Å². The average molecular weight is 527 g/mol. The zero-order valence-electron chi connectivity index (χ0n) is 18.8. The van der Waals surface area contributed by atoms with E-state index in [-0.39, 0.29) is 29.3 Å². The summed E-state index contributed by atoms with van der Waals surface area (Å²) in [6, 6.07) is 14.2. The molecule has 3 N–H and O–H groups in total. The fourth-order valence-corrected chi connectivity index (χ4v) is 4.57. The summed E-state index contributed by atoms with van der Waals surface area (Å²) in [6.07, 6.45) is -0.496. The molecule has 34 heavy (non-hydrogen) atoms. The van der Waals surface area contributed by atoms with Crippen LogP contribution in [0.5, 0.6) is 0 Å². The largest absolute Gasteiger partial charge is 0.459 e. The van der Waals surface area contributed by atoms with E-state index in [0.29, 0.717) is 15.7 Å². The van der Waals surface area contributed by atoms with Gasteiger partial charge in [-0.25, -0.2) is 14.4 Å². The highest BCUT2D eigenvalue weighted by atomic mass is 79.9. The zero-order valence-corrected chi connectivity index (χ0v) is 20.4. The van der Waals surface area contributed by atoms with Gasteiger partial charge in [0.15, 0.2) is 5.41 Å². The number of hydrogen-bond donors (Lipinski definition) is 2. The molecule has 1 spiro atoms. The van der Waals surface area contributed by atoms with Crippen LogP contribution in [0.1, 0.15) is 31.9 Å². The Labute approximate surface area is 204 Å². The third-order valence-corrected chi connectivity index (χ3v) is 6.04. The molecule has 2 heterocycles. The summed E-state index contributed by atoms with van der Waals surface area (Å²) in [6.45, 7) is 4.79. The van der Waals surface area contributed by atoms with Crippen molar-refractivity contribution in [3.05, 3.63) is 86.9 Å². The summed E-state index contributed by atoms with van der Waals surface area (Å²) in [4.78, 5) is 40.3. The molecule has 0 saturated heterocycles. The van der Waals surface area contributed by atoms with Crippen molar-refractivity contribution in [2.75, 3.05) is 5.32 Å². The number of carbonyl (C=O) groups is 3. The standard InChI is InChI=1S/C25H23BrN2O6/c1-13(2)33-23(30)20-21(27)28-18-10-9-16(26)11-17(18)25(20)19(14(3)34-24(25)31)22(29)32-12-15-7-5-4-6-8-15/h4-11,13,28H,12,27H2,1-3H3/t25-/m0/s1. The molecule has 0 unspecified atom stereocenters. The van der Waals surface area contributed by atoms with Crippen molar-refractivity contribution in [2.45, 2.75) is 38.9 Å². The van der Waals surface area contributed by atoms with Crippen LogP contribution in [-0.2, 0) is 40.6 Å². The molecule has 2 aromatic rings. The number of nitrogens with two attached hydrogens (primary N) is 1. The highest BCUT2D eigenvalue weighted by Crippen LogP contribution is 2.53. The quantitative estimate of drug-likeness (QED) is 0.446. The molecule has 8 nitrogen and oxygen atoms in total. The van der Waals surface area contributed by atoms with Gasteiger partial charge in [0.2, 0.25) is 0 Å². The minimum atomic E-state index is -1.96. The van der Waals surface area contributed by atoms with Gasteiger partial charge in [0.1, 0.15) is 29.3 Å². The first-order chi connectivity index (χ1) is 16.2. The van der Waals surface area contributed by atoms with Gasteiger partial charge < -0.3 is 25.3 Å². The molecule has 0 saturated carbocycles. The number of allylic oxidation sites excluding steroid dienone is 1. The first kappa shape index (κ1) is 23.6. The minimum absolute atomic E-state index is 0.0264. The van der Waals surface area contributed by atoms with Gasteiger partial charge in [-0.15, -0.1) is 0 Å². The summed E-state index contributed by atoms with van der Waals surface area (Å²) >= 11 is 3.41. The van der Waals surface area contributed by atoms with E-state index in [1.165, 1.54) is 6.92 Å². The number of fused-ring (bicyclic) bond motifs is 2. The molecule has 0 amide bonds. The molecular formula is C25H23BrN2O6. The first-order valence-corrected chi connectivity index (χ1v) is 11.4. The van der Waals surface area contributed by atoms with E-state index in [2.05, 4.69) is 21.2 Å². The lowest BCUT2D eigenvalue weighted by Gasteiger charge is -2.36. The summed E-state index contributed by atoms with van der Waals surface area (Å²) in [5.74, 6) is -2.57. The van der Waals surface area contributed by atoms with Crippen LogP contribution < -0.4 is 11.1 Å². The van der Waals surface area contributed by atoms with Gasteiger partial charge in [0.05, 0.1) is 6.10 Å². The minimum Gasteiger partial charge on any atom is -0.459 e. The molecule has 176 valence electrons. The van der Waals surface area contributed by atoms with Crippen molar-refractivity contribution in [3.8, 4) is 0 Å². The van der Waals surface area contributed by atoms with Gasteiger partial charge >= 0.3 is 17.9 Å². The molecule has 0 radical (unpaired) electrons. The van der Waals surface area contributed by atoms with Crippen LogP contribution in [-0.4, -0.2) is 24.0 Å². The number of benzene rings is 2. The maximum absolute atomic E-state index is 13.6. The fraction of sp³-hybridized carbons (Fsp3) is 0.240. The van der Waals surface area contributed by atoms with Crippen LogP contribution in [0.2, 0.25) is 0 Å². The molecular weight excluding hydrogens is 504 g/mol. The lowest BCUT2D eigenvalue weighted by Crippen LogP contribution is -2.48. The summed E-state index contributed by atoms with van der Waals surface area (Å²) in [7, 11) is 0. The van der Waals surface area contributed by atoms with Crippen LogP contribution in [0.3, 0.4) is 0 Å². The summed E-state index contributed by atoms with van der Waals surface area (Å²) in [5, 5.41) is 2.95. The number of ether oxygens (including phenoxy) is 3. The molecule has 2 aliphatic rings. The van der Waals surface area contributed by atoms with E-state index in [1.807, 2.05) is 18.2 Å². The Morgan fingerprint density at radius 1 is 1.12 bits per heavy atom. The first-order valence-electron chi connectivity index (χ1n) is 10.6. The van der Waals surface area contributed by atoms with Crippen LogP contribution >= 0.6 is 15.9 Å². The molecule has 0 aromatic heterocycles. The van der Waals surface area contributed by atoms with Crippen molar-refractivity contribution in [3.63, 3.8) is 0 Å². The monoisotopic (exact) mass is 526 g/mol.